The van der Waals surface area contributed by atoms with E-state index >= 15 is 0 Å². The minimum absolute atomic E-state index is 0.178. The van der Waals surface area contributed by atoms with Crippen LogP contribution in [0.4, 0.5) is 8.78 Å². The predicted octanol–water partition coefficient (Wildman–Crippen LogP) is 1.92. The van der Waals surface area contributed by atoms with Gasteiger partial charge in [0.05, 0.1) is 5.69 Å². The van der Waals surface area contributed by atoms with E-state index in [1.54, 1.807) is 11.7 Å². The van der Waals surface area contributed by atoms with Crippen LogP contribution >= 0.6 is 11.6 Å². The minimum Gasteiger partial charge on any atom is -0.375 e. The van der Waals surface area contributed by atoms with Crippen molar-refractivity contribution in [1.82, 2.24) is 9.78 Å². The quantitative estimate of drug-likeness (QED) is 0.777. The molecule has 1 heterocycles. The molecule has 0 aliphatic rings. The van der Waals surface area contributed by atoms with E-state index in [1.165, 1.54) is 0 Å². The lowest BCUT2D eigenvalue weighted by Gasteiger charge is -2.11. The molecular formula is C11H18ClF2N3O. The summed E-state index contributed by atoms with van der Waals surface area (Å²) in [6.07, 6.45) is -1.36. The number of aromatic nitrogens is 2. The molecule has 1 atom stereocenters. The molecule has 0 aliphatic heterocycles. The predicted molar refractivity (Wildman–Crippen MR) is 66.1 cm³/mol. The highest BCUT2D eigenvalue weighted by Gasteiger charge is 2.14. The first-order chi connectivity index (χ1) is 8.41. The second-order valence-corrected chi connectivity index (χ2v) is 4.56. The van der Waals surface area contributed by atoms with Crippen LogP contribution in [-0.4, -0.2) is 35.5 Å². The van der Waals surface area contributed by atoms with Gasteiger partial charge in [0, 0.05) is 25.3 Å². The summed E-state index contributed by atoms with van der Waals surface area (Å²) in [5, 5.41) is 4.75. The van der Waals surface area contributed by atoms with Gasteiger partial charge in [-0.1, -0.05) is 11.6 Å². The van der Waals surface area contributed by atoms with E-state index in [1.807, 2.05) is 6.92 Å². The molecule has 4 nitrogen and oxygen atoms in total. The van der Waals surface area contributed by atoms with Crippen LogP contribution < -0.4 is 5.73 Å². The van der Waals surface area contributed by atoms with Crippen LogP contribution in [0.25, 0.3) is 0 Å². The standard InChI is InChI=1S/C11H18ClF2N3O/c1-7-9(11(12)17(2)16-7)5-8(15)3-4-18-6-10(13)14/h8,10H,3-6,15H2,1-2H3. The van der Waals surface area contributed by atoms with Crippen molar-refractivity contribution in [1.29, 1.82) is 0 Å². The van der Waals surface area contributed by atoms with Gasteiger partial charge in [0.2, 0.25) is 0 Å². The first kappa shape index (κ1) is 15.3. The molecule has 104 valence electrons. The molecule has 1 aromatic heterocycles. The van der Waals surface area contributed by atoms with Gasteiger partial charge in [-0.2, -0.15) is 5.10 Å². The average molecular weight is 282 g/mol. The van der Waals surface area contributed by atoms with Crippen molar-refractivity contribution in [3.63, 3.8) is 0 Å². The maximum Gasteiger partial charge on any atom is 0.261 e. The summed E-state index contributed by atoms with van der Waals surface area (Å²) < 4.78 is 30.0. The van der Waals surface area contributed by atoms with Crippen molar-refractivity contribution in [3.8, 4) is 0 Å². The number of ether oxygens (including phenoxy) is 1. The highest BCUT2D eigenvalue weighted by molar-refractivity contribution is 6.30. The number of halogens is 3. The molecule has 0 radical (unpaired) electrons. The van der Waals surface area contributed by atoms with E-state index in [4.69, 9.17) is 22.1 Å². The first-order valence-corrected chi connectivity index (χ1v) is 6.09. The fraction of sp³-hybridized carbons (Fsp3) is 0.727. The van der Waals surface area contributed by atoms with Crippen molar-refractivity contribution in [3.05, 3.63) is 16.4 Å². The van der Waals surface area contributed by atoms with Crippen molar-refractivity contribution in [2.75, 3.05) is 13.2 Å². The zero-order valence-electron chi connectivity index (χ0n) is 10.5. The summed E-state index contributed by atoms with van der Waals surface area (Å²) in [7, 11) is 1.76. The maximum atomic E-state index is 11.8. The number of hydrogen-bond acceptors (Lipinski definition) is 3. The molecule has 1 unspecified atom stereocenters. The molecule has 0 amide bonds. The third-order valence-electron chi connectivity index (χ3n) is 2.61. The van der Waals surface area contributed by atoms with Gasteiger partial charge in [-0.25, -0.2) is 8.78 Å². The van der Waals surface area contributed by atoms with Crippen molar-refractivity contribution >= 4 is 11.6 Å². The Morgan fingerprint density at radius 3 is 2.67 bits per heavy atom. The Labute approximate surface area is 110 Å². The Hall–Kier alpha value is -0.720. The highest BCUT2D eigenvalue weighted by atomic mass is 35.5. The number of aryl methyl sites for hydroxylation is 2. The molecule has 0 saturated heterocycles. The number of hydrogen-bond donors (Lipinski definition) is 1. The monoisotopic (exact) mass is 281 g/mol. The van der Waals surface area contributed by atoms with Crippen LogP contribution in [0.1, 0.15) is 17.7 Å². The third kappa shape index (κ3) is 4.51. The average Bonchev–Trinajstić information content (AvgIpc) is 2.51. The van der Waals surface area contributed by atoms with E-state index < -0.39 is 13.0 Å². The van der Waals surface area contributed by atoms with Crippen LogP contribution in [0.5, 0.6) is 0 Å². The molecule has 1 rings (SSSR count). The van der Waals surface area contributed by atoms with Gasteiger partial charge >= 0.3 is 0 Å². The molecular weight excluding hydrogens is 264 g/mol. The van der Waals surface area contributed by atoms with Crippen molar-refractivity contribution < 1.29 is 13.5 Å². The minimum atomic E-state index is -2.43. The summed E-state index contributed by atoms with van der Waals surface area (Å²) in [6.45, 7) is 1.54. The summed E-state index contributed by atoms with van der Waals surface area (Å²) in [6, 6.07) is -0.178. The number of rotatable bonds is 7. The highest BCUT2D eigenvalue weighted by Crippen LogP contribution is 2.20. The number of nitrogens with zero attached hydrogens (tertiary/aromatic N) is 2. The number of alkyl halides is 2. The molecule has 0 aliphatic carbocycles. The van der Waals surface area contributed by atoms with Crippen LogP contribution in [0.3, 0.4) is 0 Å². The van der Waals surface area contributed by atoms with Gasteiger partial charge in [-0.3, -0.25) is 4.68 Å². The molecule has 0 spiro atoms. The van der Waals surface area contributed by atoms with Gasteiger partial charge < -0.3 is 10.5 Å². The lowest BCUT2D eigenvalue weighted by atomic mass is 10.1. The topological polar surface area (TPSA) is 53.1 Å². The Balaban J connectivity index is 2.38. The number of nitrogens with two attached hydrogens (primary N) is 1. The largest absolute Gasteiger partial charge is 0.375 e. The maximum absolute atomic E-state index is 11.8. The SMILES string of the molecule is Cc1nn(C)c(Cl)c1CC(N)CCOCC(F)F. The molecule has 0 aromatic carbocycles. The van der Waals surface area contributed by atoms with Crippen molar-refractivity contribution in [2.45, 2.75) is 32.2 Å². The molecule has 0 fully saturated rings. The van der Waals surface area contributed by atoms with Gasteiger partial charge in [0.25, 0.3) is 6.43 Å². The van der Waals surface area contributed by atoms with Crippen molar-refractivity contribution in [2.24, 2.45) is 12.8 Å². The van der Waals surface area contributed by atoms with E-state index in [0.717, 1.165) is 11.3 Å². The molecule has 7 heteroatoms. The van der Waals surface area contributed by atoms with Crippen LogP contribution in [0, 0.1) is 6.92 Å². The lowest BCUT2D eigenvalue weighted by molar-refractivity contribution is 0.0153. The van der Waals surface area contributed by atoms with Gasteiger partial charge in [0.1, 0.15) is 11.8 Å². The Bertz CT molecular complexity index is 385. The van der Waals surface area contributed by atoms with Crippen LogP contribution in [-0.2, 0) is 18.2 Å². The molecule has 18 heavy (non-hydrogen) atoms. The fourth-order valence-electron chi connectivity index (χ4n) is 1.68. The molecule has 0 bridgehead atoms. The van der Waals surface area contributed by atoms with Gasteiger partial charge in [-0.15, -0.1) is 0 Å². The van der Waals surface area contributed by atoms with E-state index in [0.29, 0.717) is 18.0 Å². The summed E-state index contributed by atoms with van der Waals surface area (Å²) in [5.74, 6) is 0. The Morgan fingerprint density at radius 2 is 2.17 bits per heavy atom. The summed E-state index contributed by atoms with van der Waals surface area (Å²) >= 11 is 6.08. The van der Waals surface area contributed by atoms with Crippen LogP contribution in [0.15, 0.2) is 0 Å². The Morgan fingerprint density at radius 1 is 1.50 bits per heavy atom. The Kier molecular flexibility index (Phi) is 5.98. The second kappa shape index (κ2) is 7.01. The zero-order valence-corrected chi connectivity index (χ0v) is 11.3. The lowest BCUT2D eigenvalue weighted by Crippen LogP contribution is -2.25. The second-order valence-electron chi connectivity index (χ2n) is 4.20. The van der Waals surface area contributed by atoms with E-state index in [-0.39, 0.29) is 12.6 Å². The molecule has 1 aromatic rings. The first-order valence-electron chi connectivity index (χ1n) is 5.71. The van der Waals surface area contributed by atoms with Crippen LogP contribution in [0.2, 0.25) is 5.15 Å². The smallest absolute Gasteiger partial charge is 0.261 e. The third-order valence-corrected chi connectivity index (χ3v) is 3.09. The van der Waals surface area contributed by atoms with E-state index in [2.05, 4.69) is 5.10 Å². The van der Waals surface area contributed by atoms with Gasteiger partial charge in [-0.05, 0) is 19.8 Å². The fourth-order valence-corrected chi connectivity index (χ4v) is 1.93. The molecule has 0 saturated carbocycles. The van der Waals surface area contributed by atoms with Gasteiger partial charge in [0.15, 0.2) is 0 Å². The normalized spacial score (nSPS) is 13.3. The summed E-state index contributed by atoms with van der Waals surface area (Å²) in [4.78, 5) is 0. The molecule has 2 N–H and O–H groups in total. The zero-order chi connectivity index (χ0) is 13.7. The summed E-state index contributed by atoms with van der Waals surface area (Å²) in [5.41, 5.74) is 7.65. The van der Waals surface area contributed by atoms with E-state index in [9.17, 15) is 8.78 Å².